The van der Waals surface area contributed by atoms with Crippen LogP contribution < -0.4 is 4.65 Å². The SMILES string of the molecule is CB(Br)Oc1ccccc1C. The van der Waals surface area contributed by atoms with Crippen molar-refractivity contribution in [2.75, 3.05) is 0 Å². The highest BCUT2D eigenvalue weighted by molar-refractivity contribution is 9.24. The summed E-state index contributed by atoms with van der Waals surface area (Å²) in [6.45, 7) is 3.98. The average Bonchev–Trinajstić information content (AvgIpc) is 1.93. The summed E-state index contributed by atoms with van der Waals surface area (Å²) in [6.07, 6.45) is 0. The van der Waals surface area contributed by atoms with Gasteiger partial charge in [-0.05, 0) is 25.4 Å². The van der Waals surface area contributed by atoms with E-state index in [1.54, 1.807) is 0 Å². The van der Waals surface area contributed by atoms with Crippen molar-refractivity contribution in [1.29, 1.82) is 0 Å². The van der Waals surface area contributed by atoms with E-state index in [9.17, 15) is 0 Å². The van der Waals surface area contributed by atoms with E-state index < -0.39 is 0 Å². The fourth-order valence-electron chi connectivity index (χ4n) is 0.864. The zero-order valence-electron chi connectivity index (χ0n) is 6.67. The van der Waals surface area contributed by atoms with Crippen molar-refractivity contribution < 1.29 is 4.65 Å². The summed E-state index contributed by atoms with van der Waals surface area (Å²) in [5.41, 5.74) is 1.24. The third-order valence-electron chi connectivity index (χ3n) is 1.38. The Hall–Kier alpha value is -0.435. The Labute approximate surface area is 75.8 Å². The van der Waals surface area contributed by atoms with Crippen LogP contribution in [-0.2, 0) is 0 Å². The van der Waals surface area contributed by atoms with E-state index in [1.165, 1.54) is 5.56 Å². The Kier molecular flexibility index (Phi) is 3.00. The van der Waals surface area contributed by atoms with Gasteiger partial charge in [-0.25, -0.2) is 0 Å². The Morgan fingerprint density at radius 2 is 2.00 bits per heavy atom. The third-order valence-corrected chi connectivity index (χ3v) is 1.57. The van der Waals surface area contributed by atoms with Crippen LogP contribution in [0.4, 0.5) is 0 Å². The number of hydrogen-bond acceptors (Lipinski definition) is 1. The van der Waals surface area contributed by atoms with Gasteiger partial charge in [0.05, 0.1) is 0 Å². The zero-order chi connectivity index (χ0) is 8.27. The lowest BCUT2D eigenvalue weighted by molar-refractivity contribution is 0.590. The van der Waals surface area contributed by atoms with Gasteiger partial charge in [0.1, 0.15) is 5.75 Å². The second kappa shape index (κ2) is 3.81. The number of halogens is 1. The molecule has 11 heavy (non-hydrogen) atoms. The molecule has 0 unspecified atom stereocenters. The maximum Gasteiger partial charge on any atom is 0.431 e. The first kappa shape index (κ1) is 8.66. The second-order valence-electron chi connectivity index (χ2n) is 2.43. The summed E-state index contributed by atoms with van der Waals surface area (Å²) < 4.78 is 5.46. The molecule has 1 nitrogen and oxygen atoms in total. The molecule has 1 rings (SSSR count). The van der Waals surface area contributed by atoms with Crippen LogP contribution in [0.5, 0.6) is 5.75 Å². The van der Waals surface area contributed by atoms with Gasteiger partial charge >= 0.3 is 5.74 Å². The maximum atomic E-state index is 5.46. The van der Waals surface area contributed by atoms with Crippen molar-refractivity contribution in [3.8, 4) is 5.75 Å². The summed E-state index contributed by atoms with van der Waals surface area (Å²) in [6, 6.07) is 7.97. The van der Waals surface area contributed by atoms with E-state index in [0.717, 1.165) is 5.75 Å². The Bertz CT molecular complexity index is 237. The van der Waals surface area contributed by atoms with E-state index in [1.807, 2.05) is 38.0 Å². The van der Waals surface area contributed by atoms with Crippen LogP contribution >= 0.6 is 15.8 Å². The van der Waals surface area contributed by atoms with E-state index in [4.69, 9.17) is 4.65 Å². The highest BCUT2D eigenvalue weighted by Gasteiger charge is 2.05. The smallest absolute Gasteiger partial charge is 0.431 e. The van der Waals surface area contributed by atoms with Crippen molar-refractivity contribution in [3.05, 3.63) is 29.8 Å². The molecule has 58 valence electrons. The first-order valence-corrected chi connectivity index (χ1v) is 4.48. The fraction of sp³-hybridized carbons (Fsp3) is 0.250. The molecule has 0 amide bonds. The molecule has 0 radical (unpaired) electrons. The predicted octanol–water partition coefficient (Wildman–Crippen LogP) is 2.89. The maximum absolute atomic E-state index is 5.46. The molecular weight excluding hydrogens is 203 g/mol. The summed E-state index contributed by atoms with van der Waals surface area (Å²) in [5, 5.41) is 0. The molecule has 0 heterocycles. The molecule has 0 aliphatic rings. The first-order chi connectivity index (χ1) is 5.20. The van der Waals surface area contributed by atoms with Gasteiger partial charge in [0, 0.05) is 0 Å². The molecular formula is C8H10BBrO. The van der Waals surface area contributed by atoms with Crippen LogP contribution in [0, 0.1) is 6.92 Å². The van der Waals surface area contributed by atoms with Gasteiger partial charge in [-0.15, -0.1) is 0 Å². The molecule has 0 saturated heterocycles. The number of hydrogen-bond donors (Lipinski definition) is 0. The molecule has 0 bridgehead atoms. The monoisotopic (exact) mass is 212 g/mol. The van der Waals surface area contributed by atoms with E-state index >= 15 is 0 Å². The molecule has 0 fully saturated rings. The molecule has 0 saturated carbocycles. The molecule has 1 aromatic rings. The van der Waals surface area contributed by atoms with Gasteiger partial charge in [0.15, 0.2) is 0 Å². The Balaban J connectivity index is 2.78. The minimum atomic E-state index is 0.0728. The first-order valence-electron chi connectivity index (χ1n) is 3.56. The van der Waals surface area contributed by atoms with Gasteiger partial charge in [0.2, 0.25) is 0 Å². The van der Waals surface area contributed by atoms with Crippen LogP contribution in [0.25, 0.3) is 0 Å². The van der Waals surface area contributed by atoms with Gasteiger partial charge in [-0.2, -0.15) is 0 Å². The molecule has 1 aromatic carbocycles. The second-order valence-corrected chi connectivity index (χ2v) is 3.72. The quantitative estimate of drug-likeness (QED) is 0.686. The lowest BCUT2D eigenvalue weighted by atomic mass is 10.1. The largest absolute Gasteiger partial charge is 0.550 e. The lowest BCUT2D eigenvalue weighted by Crippen LogP contribution is -2.08. The number of para-hydroxylation sites is 1. The van der Waals surface area contributed by atoms with Crippen LogP contribution in [0.3, 0.4) is 0 Å². The van der Waals surface area contributed by atoms with Crippen molar-refractivity contribution in [3.63, 3.8) is 0 Å². The van der Waals surface area contributed by atoms with Crippen LogP contribution in [0.2, 0.25) is 6.82 Å². The fourth-order valence-corrected chi connectivity index (χ4v) is 1.06. The van der Waals surface area contributed by atoms with Crippen molar-refractivity contribution in [1.82, 2.24) is 0 Å². The Morgan fingerprint density at radius 1 is 1.36 bits per heavy atom. The molecule has 0 spiro atoms. The van der Waals surface area contributed by atoms with E-state index in [0.29, 0.717) is 0 Å². The molecule has 0 aliphatic carbocycles. The molecule has 0 N–H and O–H groups in total. The van der Waals surface area contributed by atoms with Crippen molar-refractivity contribution >= 4 is 21.5 Å². The summed E-state index contributed by atoms with van der Waals surface area (Å²) >= 11 is 3.32. The predicted molar refractivity (Wildman–Crippen MR) is 52.4 cm³/mol. The molecule has 3 heteroatoms. The minimum absolute atomic E-state index is 0.0728. The van der Waals surface area contributed by atoms with Crippen LogP contribution in [0.1, 0.15) is 5.56 Å². The van der Waals surface area contributed by atoms with E-state index in [2.05, 4.69) is 15.8 Å². The molecule has 0 aliphatic heterocycles. The highest BCUT2D eigenvalue weighted by atomic mass is 79.9. The Morgan fingerprint density at radius 3 is 2.55 bits per heavy atom. The third kappa shape index (κ3) is 2.58. The lowest BCUT2D eigenvalue weighted by Gasteiger charge is -2.08. The number of aryl methyl sites for hydroxylation is 1. The van der Waals surface area contributed by atoms with Gasteiger partial charge in [0.25, 0.3) is 0 Å². The van der Waals surface area contributed by atoms with Crippen molar-refractivity contribution in [2.24, 2.45) is 0 Å². The topological polar surface area (TPSA) is 9.23 Å². The van der Waals surface area contributed by atoms with Gasteiger partial charge in [-0.3, -0.25) is 0 Å². The number of rotatable bonds is 2. The van der Waals surface area contributed by atoms with Gasteiger partial charge in [-0.1, -0.05) is 34.0 Å². The average molecular weight is 213 g/mol. The van der Waals surface area contributed by atoms with Crippen LogP contribution in [-0.4, -0.2) is 5.74 Å². The molecule has 0 atom stereocenters. The number of benzene rings is 1. The standard InChI is InChI=1S/C8H10BBrO/c1-7-5-3-4-6-8(7)11-9(2)10/h3-6H,1-2H3. The zero-order valence-corrected chi connectivity index (χ0v) is 8.26. The summed E-state index contributed by atoms with van der Waals surface area (Å²) in [4.78, 5) is 0. The normalized spacial score (nSPS) is 9.36. The van der Waals surface area contributed by atoms with Crippen LogP contribution in [0.15, 0.2) is 24.3 Å². The van der Waals surface area contributed by atoms with Crippen molar-refractivity contribution in [2.45, 2.75) is 13.7 Å². The highest BCUT2D eigenvalue weighted by Crippen LogP contribution is 2.17. The minimum Gasteiger partial charge on any atom is -0.550 e. The summed E-state index contributed by atoms with van der Waals surface area (Å²) in [7, 11) is 0. The summed E-state index contributed by atoms with van der Waals surface area (Å²) in [5.74, 6) is 0.942. The van der Waals surface area contributed by atoms with Gasteiger partial charge < -0.3 is 4.65 Å². The molecule has 0 aromatic heterocycles. The van der Waals surface area contributed by atoms with E-state index in [-0.39, 0.29) is 5.74 Å².